The molecule has 0 aliphatic carbocycles. The maximum Gasteiger partial charge on any atom is 0.0811 e. The van der Waals surface area contributed by atoms with Crippen LogP contribution in [0.15, 0.2) is 6.20 Å². The molecule has 2 heterocycles. The van der Waals surface area contributed by atoms with Gasteiger partial charge in [-0.25, -0.2) is 0 Å². The number of hydrogen-bond acceptors (Lipinski definition) is 4. The molecular formula is C10H18N4O. The lowest BCUT2D eigenvalue weighted by molar-refractivity contribution is 0.0607. The zero-order valence-corrected chi connectivity index (χ0v) is 9.47. The van der Waals surface area contributed by atoms with Crippen molar-refractivity contribution in [3.8, 4) is 0 Å². The molecule has 1 aliphatic heterocycles. The number of nitrogens with zero attached hydrogens (tertiary/aromatic N) is 3. The molecule has 1 aliphatic rings. The number of aromatic nitrogens is 3. The van der Waals surface area contributed by atoms with Gasteiger partial charge in [-0.3, -0.25) is 4.68 Å². The van der Waals surface area contributed by atoms with E-state index in [4.69, 9.17) is 4.74 Å². The molecule has 0 saturated carbocycles. The van der Waals surface area contributed by atoms with Gasteiger partial charge >= 0.3 is 0 Å². The number of nitrogens with one attached hydrogen (secondary N) is 1. The van der Waals surface area contributed by atoms with Crippen LogP contribution in [-0.2, 0) is 11.8 Å². The van der Waals surface area contributed by atoms with Gasteiger partial charge in [-0.05, 0) is 19.4 Å². The third kappa shape index (κ3) is 1.89. The van der Waals surface area contributed by atoms with Gasteiger partial charge in [0.1, 0.15) is 0 Å². The van der Waals surface area contributed by atoms with Crippen molar-refractivity contribution in [3.05, 3.63) is 11.9 Å². The van der Waals surface area contributed by atoms with Crippen molar-refractivity contribution in [2.45, 2.75) is 25.5 Å². The van der Waals surface area contributed by atoms with Gasteiger partial charge in [-0.2, -0.15) is 0 Å². The second-order valence-corrected chi connectivity index (χ2v) is 4.15. The maximum atomic E-state index is 5.77. The number of hydrogen-bond donors (Lipinski definition) is 1. The number of rotatable bonds is 3. The SMILES string of the molecule is CNC(c1cnnn1C)C1OCCC1C. The first-order valence-corrected chi connectivity index (χ1v) is 5.37. The Morgan fingerprint density at radius 1 is 1.67 bits per heavy atom. The van der Waals surface area contributed by atoms with Crippen LogP contribution in [0.4, 0.5) is 0 Å². The third-order valence-corrected chi connectivity index (χ3v) is 3.15. The predicted molar refractivity (Wildman–Crippen MR) is 56.3 cm³/mol. The Morgan fingerprint density at radius 2 is 2.47 bits per heavy atom. The molecule has 0 spiro atoms. The Morgan fingerprint density at radius 3 is 2.93 bits per heavy atom. The highest BCUT2D eigenvalue weighted by atomic mass is 16.5. The van der Waals surface area contributed by atoms with E-state index >= 15 is 0 Å². The maximum absolute atomic E-state index is 5.77. The van der Waals surface area contributed by atoms with Crippen molar-refractivity contribution in [2.24, 2.45) is 13.0 Å². The fraction of sp³-hybridized carbons (Fsp3) is 0.800. The van der Waals surface area contributed by atoms with Crippen molar-refractivity contribution in [1.29, 1.82) is 0 Å². The van der Waals surface area contributed by atoms with Crippen molar-refractivity contribution < 1.29 is 4.74 Å². The molecule has 1 N–H and O–H groups in total. The first-order chi connectivity index (χ1) is 7.24. The first kappa shape index (κ1) is 10.6. The van der Waals surface area contributed by atoms with Crippen molar-refractivity contribution in [1.82, 2.24) is 20.3 Å². The summed E-state index contributed by atoms with van der Waals surface area (Å²) < 4.78 is 7.57. The van der Waals surface area contributed by atoms with E-state index < -0.39 is 0 Å². The summed E-state index contributed by atoms with van der Waals surface area (Å²) >= 11 is 0. The summed E-state index contributed by atoms with van der Waals surface area (Å²) in [7, 11) is 3.86. The molecule has 0 bridgehead atoms. The van der Waals surface area contributed by atoms with E-state index in [1.54, 1.807) is 10.9 Å². The van der Waals surface area contributed by atoms with Crippen LogP contribution >= 0.6 is 0 Å². The molecule has 0 radical (unpaired) electrons. The second-order valence-electron chi connectivity index (χ2n) is 4.15. The highest BCUT2D eigenvalue weighted by molar-refractivity contribution is 5.06. The zero-order valence-electron chi connectivity index (χ0n) is 9.47. The molecule has 0 amide bonds. The molecule has 2 rings (SSSR count). The van der Waals surface area contributed by atoms with Crippen LogP contribution in [0.5, 0.6) is 0 Å². The average Bonchev–Trinajstić information content (AvgIpc) is 2.80. The van der Waals surface area contributed by atoms with Crippen LogP contribution in [-0.4, -0.2) is 34.8 Å². The standard InChI is InChI=1S/C10H18N4O/c1-7-4-5-15-10(7)9(11-2)8-6-12-13-14(8)3/h6-7,9-11H,4-5H2,1-3H3. The van der Waals surface area contributed by atoms with Crippen molar-refractivity contribution in [2.75, 3.05) is 13.7 Å². The van der Waals surface area contributed by atoms with Crippen LogP contribution in [0, 0.1) is 5.92 Å². The zero-order chi connectivity index (χ0) is 10.8. The Balaban J connectivity index is 2.20. The van der Waals surface area contributed by atoms with Crippen molar-refractivity contribution in [3.63, 3.8) is 0 Å². The van der Waals surface area contributed by atoms with Gasteiger partial charge in [-0.15, -0.1) is 5.10 Å². The minimum atomic E-state index is 0.183. The van der Waals surface area contributed by atoms with Gasteiger partial charge in [0.25, 0.3) is 0 Å². The Hall–Kier alpha value is -0.940. The predicted octanol–water partition coefficient (Wildman–Crippen LogP) is 0.501. The first-order valence-electron chi connectivity index (χ1n) is 5.37. The summed E-state index contributed by atoms with van der Waals surface area (Å²) in [6, 6.07) is 0.183. The molecule has 3 unspecified atom stereocenters. The fourth-order valence-electron chi connectivity index (χ4n) is 2.20. The third-order valence-electron chi connectivity index (χ3n) is 3.15. The summed E-state index contributed by atoms with van der Waals surface area (Å²) in [6.07, 6.45) is 3.16. The molecule has 1 saturated heterocycles. The monoisotopic (exact) mass is 210 g/mol. The van der Waals surface area contributed by atoms with E-state index in [0.717, 1.165) is 18.7 Å². The number of aryl methyl sites for hydroxylation is 1. The lowest BCUT2D eigenvalue weighted by atomic mass is 9.96. The molecule has 84 valence electrons. The number of likely N-dealkylation sites (N-methyl/N-ethyl adjacent to an activating group) is 1. The van der Waals surface area contributed by atoms with Gasteiger partial charge in [-0.1, -0.05) is 12.1 Å². The summed E-state index contributed by atoms with van der Waals surface area (Å²) in [5.41, 5.74) is 1.08. The van der Waals surface area contributed by atoms with Gasteiger partial charge < -0.3 is 10.1 Å². The largest absolute Gasteiger partial charge is 0.376 e. The van der Waals surface area contributed by atoms with Gasteiger partial charge in [0.05, 0.1) is 24.0 Å². The highest BCUT2D eigenvalue weighted by Gasteiger charge is 2.33. The average molecular weight is 210 g/mol. The molecule has 1 aromatic rings. The van der Waals surface area contributed by atoms with Crippen LogP contribution < -0.4 is 5.32 Å². The molecule has 5 nitrogen and oxygen atoms in total. The topological polar surface area (TPSA) is 52.0 Å². The van der Waals surface area contributed by atoms with Gasteiger partial charge in [0.15, 0.2) is 0 Å². The van der Waals surface area contributed by atoms with Crippen LogP contribution in [0.1, 0.15) is 25.1 Å². The fourth-order valence-corrected chi connectivity index (χ4v) is 2.20. The summed E-state index contributed by atoms with van der Waals surface area (Å²) in [5.74, 6) is 0.581. The quantitative estimate of drug-likeness (QED) is 0.789. The minimum Gasteiger partial charge on any atom is -0.376 e. The second kappa shape index (κ2) is 4.28. The molecule has 3 atom stereocenters. The van der Waals surface area contributed by atoms with E-state index in [2.05, 4.69) is 22.6 Å². The van der Waals surface area contributed by atoms with E-state index in [1.807, 2.05) is 14.1 Å². The molecule has 5 heteroatoms. The van der Waals surface area contributed by atoms with Gasteiger partial charge in [0, 0.05) is 13.7 Å². The normalized spacial score (nSPS) is 28.2. The van der Waals surface area contributed by atoms with E-state index in [-0.39, 0.29) is 12.1 Å². The smallest absolute Gasteiger partial charge is 0.0811 e. The lowest BCUT2D eigenvalue weighted by Gasteiger charge is -2.25. The van der Waals surface area contributed by atoms with Gasteiger partial charge in [0.2, 0.25) is 0 Å². The molecular weight excluding hydrogens is 192 g/mol. The van der Waals surface area contributed by atoms with E-state index in [1.165, 1.54) is 0 Å². The molecule has 1 aromatic heterocycles. The van der Waals surface area contributed by atoms with Crippen LogP contribution in [0.25, 0.3) is 0 Å². The Bertz CT molecular complexity index is 325. The number of ether oxygens (including phenoxy) is 1. The molecule has 1 fully saturated rings. The van der Waals surface area contributed by atoms with Crippen LogP contribution in [0.3, 0.4) is 0 Å². The van der Waals surface area contributed by atoms with Crippen LogP contribution in [0.2, 0.25) is 0 Å². The van der Waals surface area contributed by atoms with E-state index in [0.29, 0.717) is 5.92 Å². The summed E-state index contributed by atoms with van der Waals surface area (Å²) in [5, 5.41) is 11.1. The summed E-state index contributed by atoms with van der Waals surface area (Å²) in [6.45, 7) is 3.08. The lowest BCUT2D eigenvalue weighted by Crippen LogP contribution is -2.34. The molecule has 15 heavy (non-hydrogen) atoms. The Kier molecular flexibility index (Phi) is 3.02. The Labute approximate surface area is 89.8 Å². The minimum absolute atomic E-state index is 0.183. The summed E-state index contributed by atoms with van der Waals surface area (Å²) in [4.78, 5) is 0. The highest BCUT2D eigenvalue weighted by Crippen LogP contribution is 2.30. The van der Waals surface area contributed by atoms with Crippen molar-refractivity contribution >= 4 is 0 Å². The van der Waals surface area contributed by atoms with E-state index in [9.17, 15) is 0 Å². The molecule has 0 aromatic carbocycles.